The molecule has 0 atom stereocenters. The molecule has 2 heterocycles. The number of rotatable bonds is 4. The van der Waals surface area contributed by atoms with Crippen molar-refractivity contribution in [2.24, 2.45) is 0 Å². The molecule has 0 N–H and O–H groups in total. The van der Waals surface area contributed by atoms with Gasteiger partial charge in [0.05, 0.1) is 5.69 Å². The molecule has 43 heavy (non-hydrogen) atoms. The van der Waals surface area contributed by atoms with Crippen molar-refractivity contribution in [3.05, 3.63) is 162 Å². The normalized spacial score (nSPS) is 12.9. The van der Waals surface area contributed by atoms with Crippen molar-refractivity contribution in [1.82, 2.24) is 4.98 Å². The number of hydrogen-bond acceptors (Lipinski definition) is 1. The second-order valence-corrected chi connectivity index (χ2v) is 11.3. The molecule has 2 heteroatoms. The highest BCUT2D eigenvalue weighted by atomic mass is 14.8. The van der Waals surface area contributed by atoms with Gasteiger partial charge in [-0.15, -0.1) is 12.6 Å². The molecule has 0 spiro atoms. The van der Waals surface area contributed by atoms with Crippen molar-refractivity contribution in [1.29, 1.82) is 0 Å². The lowest BCUT2D eigenvalue weighted by molar-refractivity contribution is 1.31. The van der Waals surface area contributed by atoms with Crippen molar-refractivity contribution in [3.8, 4) is 33.5 Å². The van der Waals surface area contributed by atoms with Crippen LogP contribution < -0.4 is 0 Å². The molecule has 8 rings (SSSR count). The number of benzene rings is 6. The summed E-state index contributed by atoms with van der Waals surface area (Å²) in [5.41, 5.74) is 10.6. The van der Waals surface area contributed by atoms with Crippen molar-refractivity contribution < 1.29 is 0 Å². The van der Waals surface area contributed by atoms with Gasteiger partial charge in [-0.2, -0.15) is 6.20 Å². The van der Waals surface area contributed by atoms with Gasteiger partial charge in [0.25, 0.3) is 0 Å². The number of nitrogens with zero attached hydrogens (tertiary/aromatic N) is 2. The van der Waals surface area contributed by atoms with E-state index < -0.39 is 0 Å². The monoisotopic (exact) mass is 549 g/mol. The minimum Gasteiger partial charge on any atom is -0.687 e. The van der Waals surface area contributed by atoms with E-state index in [1.54, 1.807) is 0 Å². The van der Waals surface area contributed by atoms with E-state index in [-0.39, 0.29) is 0 Å². The summed E-state index contributed by atoms with van der Waals surface area (Å²) in [4.78, 5) is 4.70. The Bertz CT molecular complexity index is 2180. The predicted octanol–water partition coefficient (Wildman–Crippen LogP) is 11.1. The first-order valence-electron chi connectivity index (χ1n) is 14.8. The van der Waals surface area contributed by atoms with Crippen LogP contribution in [0.5, 0.6) is 0 Å². The highest BCUT2D eigenvalue weighted by molar-refractivity contribution is 6.21. The van der Waals surface area contributed by atoms with E-state index in [0.29, 0.717) is 0 Å². The third-order valence-corrected chi connectivity index (χ3v) is 8.53. The molecule has 0 unspecified atom stereocenters. The molecule has 1 aliphatic rings. The van der Waals surface area contributed by atoms with Crippen LogP contribution in [0.25, 0.3) is 76.7 Å². The SMILES string of the molecule is Cc1ccc(-c2c3ccccc3c(-c3ccc4cc(-c5cc(C6=C[N-]CC=C6)ccn5)ccc4c3)c3ccccc23)cc1. The Morgan fingerprint density at radius 1 is 0.558 bits per heavy atom. The van der Waals surface area contributed by atoms with Crippen LogP contribution in [-0.4, -0.2) is 11.5 Å². The number of hydrogen-bond donors (Lipinski definition) is 0. The third kappa shape index (κ3) is 4.49. The Labute approximate surface area is 251 Å². The fraction of sp³-hybridized carbons (Fsp3) is 0.0488. The molecule has 7 aromatic rings. The van der Waals surface area contributed by atoms with Crippen molar-refractivity contribution in [2.45, 2.75) is 6.92 Å². The average Bonchev–Trinajstić information content (AvgIpc) is 3.07. The molecule has 1 aromatic heterocycles. The maximum absolute atomic E-state index is 4.70. The molecule has 0 saturated carbocycles. The van der Waals surface area contributed by atoms with E-state index >= 15 is 0 Å². The summed E-state index contributed by atoms with van der Waals surface area (Å²) in [6.07, 6.45) is 8.06. The molecule has 0 fully saturated rings. The minimum absolute atomic E-state index is 0.747. The summed E-state index contributed by atoms with van der Waals surface area (Å²) in [6.45, 7) is 2.89. The third-order valence-electron chi connectivity index (χ3n) is 8.53. The van der Waals surface area contributed by atoms with Crippen molar-refractivity contribution in [2.75, 3.05) is 6.54 Å². The van der Waals surface area contributed by atoms with Crippen LogP contribution >= 0.6 is 0 Å². The quantitative estimate of drug-likeness (QED) is 0.201. The van der Waals surface area contributed by atoms with Gasteiger partial charge >= 0.3 is 0 Å². The molecule has 1 aliphatic heterocycles. The number of aryl methyl sites for hydroxylation is 1. The largest absolute Gasteiger partial charge is 0.687 e. The highest BCUT2D eigenvalue weighted by Gasteiger charge is 2.16. The summed E-state index contributed by atoms with van der Waals surface area (Å²) in [5.74, 6) is 0. The summed E-state index contributed by atoms with van der Waals surface area (Å²) in [6, 6.07) is 44.3. The molecule has 6 aromatic carbocycles. The van der Waals surface area contributed by atoms with E-state index in [0.717, 1.165) is 28.9 Å². The molecule has 0 amide bonds. The van der Waals surface area contributed by atoms with Gasteiger partial charge < -0.3 is 5.32 Å². The molecular weight excluding hydrogens is 520 g/mol. The van der Waals surface area contributed by atoms with Crippen molar-refractivity contribution >= 4 is 37.9 Å². The fourth-order valence-corrected chi connectivity index (χ4v) is 6.40. The number of pyridine rings is 1. The number of aromatic nitrogens is 1. The Hall–Kier alpha value is -5.47. The van der Waals surface area contributed by atoms with Gasteiger partial charge in [0.2, 0.25) is 0 Å². The van der Waals surface area contributed by atoms with Gasteiger partial charge in [-0.25, -0.2) is 0 Å². The van der Waals surface area contributed by atoms with Crippen LogP contribution in [0.4, 0.5) is 0 Å². The van der Waals surface area contributed by atoms with Crippen LogP contribution in [0.3, 0.4) is 0 Å². The summed E-state index contributed by atoms with van der Waals surface area (Å²) in [5, 5.41) is 11.9. The van der Waals surface area contributed by atoms with Gasteiger partial charge in [0, 0.05) is 11.8 Å². The lowest BCUT2D eigenvalue weighted by Crippen LogP contribution is -1.92. The van der Waals surface area contributed by atoms with Crippen LogP contribution in [-0.2, 0) is 0 Å². The predicted molar refractivity (Wildman–Crippen MR) is 183 cm³/mol. The van der Waals surface area contributed by atoms with Crippen LogP contribution in [0.2, 0.25) is 0 Å². The molecule has 0 aliphatic carbocycles. The molecule has 0 saturated heterocycles. The zero-order valence-electron chi connectivity index (χ0n) is 24.0. The van der Waals surface area contributed by atoms with E-state index in [9.17, 15) is 0 Å². The summed E-state index contributed by atoms with van der Waals surface area (Å²) < 4.78 is 0. The van der Waals surface area contributed by atoms with E-state index in [1.807, 2.05) is 18.5 Å². The summed E-state index contributed by atoms with van der Waals surface area (Å²) >= 11 is 0. The Morgan fingerprint density at radius 2 is 1.14 bits per heavy atom. The zero-order valence-corrected chi connectivity index (χ0v) is 24.0. The van der Waals surface area contributed by atoms with Gasteiger partial charge in [-0.3, -0.25) is 4.98 Å². The second kappa shape index (κ2) is 10.4. The van der Waals surface area contributed by atoms with E-state index in [2.05, 4.69) is 140 Å². The second-order valence-electron chi connectivity index (χ2n) is 11.3. The maximum atomic E-state index is 4.70. The van der Waals surface area contributed by atoms with Crippen LogP contribution in [0, 0.1) is 6.92 Å². The molecule has 0 radical (unpaired) electrons. The first kappa shape index (κ1) is 25.3. The fourth-order valence-electron chi connectivity index (χ4n) is 6.40. The van der Waals surface area contributed by atoms with E-state index in [1.165, 1.54) is 60.1 Å². The highest BCUT2D eigenvalue weighted by Crippen LogP contribution is 2.44. The molecule has 204 valence electrons. The van der Waals surface area contributed by atoms with Crippen LogP contribution in [0.1, 0.15) is 11.1 Å². The Morgan fingerprint density at radius 3 is 1.77 bits per heavy atom. The topological polar surface area (TPSA) is 27.0 Å². The molecule has 0 bridgehead atoms. The van der Waals surface area contributed by atoms with Gasteiger partial charge in [-0.1, -0.05) is 109 Å². The van der Waals surface area contributed by atoms with E-state index in [4.69, 9.17) is 4.98 Å². The lowest BCUT2D eigenvalue weighted by atomic mass is 9.85. The van der Waals surface area contributed by atoms with Crippen molar-refractivity contribution in [3.63, 3.8) is 0 Å². The standard InChI is InChI=1S/C41H29N2/c1-27-12-14-28(15-13-27)40-35-8-2-4-10-37(35)41(38-11-5-3-9-36(38)40)33-19-17-29-23-32(18-16-30(29)24-33)39-25-31(20-22-43-39)34-7-6-21-42-26-34/h2-20,22-26H,21H2,1H3/q-1. The number of fused-ring (bicyclic) bond motifs is 3. The van der Waals surface area contributed by atoms with Gasteiger partial charge in [0.1, 0.15) is 0 Å². The Kier molecular flexibility index (Phi) is 6.12. The summed E-state index contributed by atoms with van der Waals surface area (Å²) in [7, 11) is 0. The first-order chi connectivity index (χ1) is 21.2. The first-order valence-corrected chi connectivity index (χ1v) is 14.8. The molecule has 2 nitrogen and oxygen atoms in total. The smallest absolute Gasteiger partial charge is 0.0708 e. The average molecular weight is 550 g/mol. The zero-order chi connectivity index (χ0) is 28.8. The number of allylic oxidation sites excluding steroid dienone is 2. The van der Waals surface area contributed by atoms with Gasteiger partial charge in [-0.05, 0) is 96.9 Å². The van der Waals surface area contributed by atoms with Crippen LogP contribution in [0.15, 0.2) is 146 Å². The minimum atomic E-state index is 0.747. The molecular formula is C41H29N2-. The van der Waals surface area contributed by atoms with Gasteiger partial charge in [0.15, 0.2) is 0 Å². The Balaban J connectivity index is 1.27. The lowest BCUT2D eigenvalue weighted by Gasteiger charge is -2.19. The maximum Gasteiger partial charge on any atom is 0.0708 e.